The average molecular weight is 241 g/mol. The lowest BCUT2D eigenvalue weighted by Crippen LogP contribution is -2.35. The average Bonchev–Trinajstić information content (AvgIpc) is 2.62. The molecular formula is C13H23NO3. The SMILES string of the molecule is CC(C)C(C)CC(=O)N1CCC(C)(C(=O)O)C1. The topological polar surface area (TPSA) is 57.6 Å². The number of rotatable bonds is 4. The molecule has 98 valence electrons. The van der Waals surface area contributed by atoms with Crippen molar-refractivity contribution in [2.24, 2.45) is 17.3 Å². The molecular weight excluding hydrogens is 218 g/mol. The minimum absolute atomic E-state index is 0.0937. The molecule has 1 rings (SSSR count). The van der Waals surface area contributed by atoms with Gasteiger partial charge in [-0.2, -0.15) is 0 Å². The van der Waals surface area contributed by atoms with Gasteiger partial charge in [0.15, 0.2) is 0 Å². The van der Waals surface area contributed by atoms with Crippen molar-refractivity contribution in [3.05, 3.63) is 0 Å². The van der Waals surface area contributed by atoms with Crippen LogP contribution < -0.4 is 0 Å². The van der Waals surface area contributed by atoms with Crippen LogP contribution in [0.2, 0.25) is 0 Å². The van der Waals surface area contributed by atoms with E-state index in [-0.39, 0.29) is 5.91 Å². The maximum atomic E-state index is 12.0. The van der Waals surface area contributed by atoms with Crippen LogP contribution in [0, 0.1) is 17.3 Å². The molecule has 0 spiro atoms. The van der Waals surface area contributed by atoms with Gasteiger partial charge >= 0.3 is 5.97 Å². The molecule has 1 amide bonds. The molecule has 0 aromatic heterocycles. The summed E-state index contributed by atoms with van der Waals surface area (Å²) < 4.78 is 0. The van der Waals surface area contributed by atoms with Crippen molar-refractivity contribution in [2.45, 2.75) is 40.5 Å². The summed E-state index contributed by atoms with van der Waals surface area (Å²) in [5.74, 6) is 0.118. The number of nitrogens with zero attached hydrogens (tertiary/aromatic N) is 1. The molecule has 4 nitrogen and oxygen atoms in total. The molecule has 1 N–H and O–H groups in total. The largest absolute Gasteiger partial charge is 0.481 e. The second kappa shape index (κ2) is 5.07. The van der Waals surface area contributed by atoms with E-state index in [1.807, 2.05) is 0 Å². The lowest BCUT2D eigenvalue weighted by Gasteiger charge is -2.22. The zero-order valence-electron chi connectivity index (χ0n) is 11.2. The van der Waals surface area contributed by atoms with Crippen molar-refractivity contribution < 1.29 is 14.7 Å². The molecule has 17 heavy (non-hydrogen) atoms. The number of amides is 1. The highest BCUT2D eigenvalue weighted by molar-refractivity contribution is 5.80. The highest BCUT2D eigenvalue weighted by Crippen LogP contribution is 2.31. The van der Waals surface area contributed by atoms with E-state index in [0.717, 1.165) is 0 Å². The van der Waals surface area contributed by atoms with Crippen LogP contribution in [-0.4, -0.2) is 35.0 Å². The Kier molecular flexibility index (Phi) is 4.17. The van der Waals surface area contributed by atoms with E-state index in [0.29, 0.717) is 37.8 Å². The quantitative estimate of drug-likeness (QED) is 0.819. The maximum absolute atomic E-state index is 12.0. The number of carbonyl (C=O) groups excluding carboxylic acids is 1. The van der Waals surface area contributed by atoms with Crippen molar-refractivity contribution in [3.63, 3.8) is 0 Å². The van der Waals surface area contributed by atoms with Gasteiger partial charge in [0.05, 0.1) is 5.41 Å². The van der Waals surface area contributed by atoms with Crippen LogP contribution in [0.3, 0.4) is 0 Å². The second-order valence-electron chi connectivity index (χ2n) is 5.86. The molecule has 2 atom stereocenters. The zero-order chi connectivity index (χ0) is 13.2. The first kappa shape index (κ1) is 14.0. The summed E-state index contributed by atoms with van der Waals surface area (Å²) >= 11 is 0. The van der Waals surface area contributed by atoms with E-state index in [2.05, 4.69) is 20.8 Å². The summed E-state index contributed by atoms with van der Waals surface area (Å²) in [5.41, 5.74) is -0.753. The molecule has 4 heteroatoms. The van der Waals surface area contributed by atoms with Gasteiger partial charge in [0.1, 0.15) is 0 Å². The monoisotopic (exact) mass is 241 g/mol. The van der Waals surface area contributed by atoms with Gasteiger partial charge in [-0.3, -0.25) is 9.59 Å². The fraction of sp³-hybridized carbons (Fsp3) is 0.846. The molecule has 0 aliphatic carbocycles. The first-order valence-corrected chi connectivity index (χ1v) is 6.27. The van der Waals surface area contributed by atoms with E-state index in [9.17, 15) is 9.59 Å². The first-order valence-electron chi connectivity index (χ1n) is 6.27. The van der Waals surface area contributed by atoms with Crippen molar-refractivity contribution >= 4 is 11.9 Å². The van der Waals surface area contributed by atoms with Crippen LogP contribution in [0.1, 0.15) is 40.5 Å². The van der Waals surface area contributed by atoms with Crippen LogP contribution in [0.5, 0.6) is 0 Å². The first-order chi connectivity index (χ1) is 7.76. The molecule has 1 fully saturated rings. The van der Waals surface area contributed by atoms with Crippen molar-refractivity contribution in [1.29, 1.82) is 0 Å². The lowest BCUT2D eigenvalue weighted by atomic mass is 9.90. The van der Waals surface area contributed by atoms with Gasteiger partial charge in [-0.25, -0.2) is 0 Å². The van der Waals surface area contributed by atoms with Crippen LogP contribution >= 0.6 is 0 Å². The normalized spacial score (nSPS) is 26.3. The lowest BCUT2D eigenvalue weighted by molar-refractivity contribution is -0.147. The van der Waals surface area contributed by atoms with Gasteiger partial charge < -0.3 is 10.0 Å². The Morgan fingerprint density at radius 1 is 1.35 bits per heavy atom. The van der Waals surface area contributed by atoms with E-state index in [1.54, 1.807) is 11.8 Å². The Bertz CT molecular complexity index is 314. The summed E-state index contributed by atoms with van der Waals surface area (Å²) in [4.78, 5) is 24.8. The Labute approximate surface area is 103 Å². The Morgan fingerprint density at radius 2 is 1.94 bits per heavy atom. The predicted molar refractivity (Wildman–Crippen MR) is 65.6 cm³/mol. The Balaban J connectivity index is 2.54. The Hall–Kier alpha value is -1.06. The smallest absolute Gasteiger partial charge is 0.311 e. The van der Waals surface area contributed by atoms with Crippen LogP contribution in [0.4, 0.5) is 0 Å². The molecule has 0 saturated carbocycles. The van der Waals surface area contributed by atoms with Crippen molar-refractivity contribution in [1.82, 2.24) is 4.90 Å². The second-order valence-corrected chi connectivity index (χ2v) is 5.86. The van der Waals surface area contributed by atoms with Gasteiger partial charge in [-0.15, -0.1) is 0 Å². The molecule has 2 unspecified atom stereocenters. The molecule has 0 aromatic carbocycles. The van der Waals surface area contributed by atoms with Crippen LogP contribution in [0.25, 0.3) is 0 Å². The summed E-state index contributed by atoms with van der Waals surface area (Å²) in [6, 6.07) is 0. The van der Waals surface area contributed by atoms with Gasteiger partial charge in [-0.05, 0) is 25.2 Å². The van der Waals surface area contributed by atoms with E-state index >= 15 is 0 Å². The van der Waals surface area contributed by atoms with E-state index in [4.69, 9.17) is 5.11 Å². The minimum Gasteiger partial charge on any atom is -0.481 e. The fourth-order valence-electron chi connectivity index (χ4n) is 1.99. The number of likely N-dealkylation sites (tertiary alicyclic amines) is 1. The third kappa shape index (κ3) is 3.20. The van der Waals surface area contributed by atoms with Crippen molar-refractivity contribution in [2.75, 3.05) is 13.1 Å². The van der Waals surface area contributed by atoms with Crippen LogP contribution in [-0.2, 0) is 9.59 Å². The standard InChI is InChI=1S/C13H23NO3/c1-9(2)10(3)7-11(15)14-6-5-13(4,8-14)12(16)17/h9-10H,5-8H2,1-4H3,(H,16,17). The number of hydrogen-bond donors (Lipinski definition) is 1. The van der Waals surface area contributed by atoms with E-state index < -0.39 is 11.4 Å². The molecule has 1 aliphatic heterocycles. The van der Waals surface area contributed by atoms with Gasteiger partial charge in [0.25, 0.3) is 0 Å². The molecule has 0 bridgehead atoms. The summed E-state index contributed by atoms with van der Waals surface area (Å²) in [5, 5.41) is 9.10. The number of carbonyl (C=O) groups is 2. The molecule has 0 radical (unpaired) electrons. The van der Waals surface area contributed by atoms with Crippen molar-refractivity contribution in [3.8, 4) is 0 Å². The molecule has 1 heterocycles. The fourth-order valence-corrected chi connectivity index (χ4v) is 1.99. The summed E-state index contributed by atoms with van der Waals surface area (Å²) in [7, 11) is 0. The highest BCUT2D eigenvalue weighted by atomic mass is 16.4. The van der Waals surface area contributed by atoms with Gasteiger partial charge in [0.2, 0.25) is 5.91 Å². The number of hydrogen-bond acceptors (Lipinski definition) is 2. The molecule has 1 saturated heterocycles. The van der Waals surface area contributed by atoms with Crippen LogP contribution in [0.15, 0.2) is 0 Å². The predicted octanol–water partition coefficient (Wildman–Crippen LogP) is 1.99. The number of carboxylic acids is 1. The number of carboxylic acid groups (broad SMARTS) is 1. The van der Waals surface area contributed by atoms with Gasteiger partial charge in [0, 0.05) is 19.5 Å². The van der Waals surface area contributed by atoms with Gasteiger partial charge in [-0.1, -0.05) is 20.8 Å². The molecule has 0 aromatic rings. The number of aliphatic carboxylic acids is 1. The zero-order valence-corrected chi connectivity index (χ0v) is 11.2. The third-order valence-electron chi connectivity index (χ3n) is 3.98. The Morgan fingerprint density at radius 3 is 2.35 bits per heavy atom. The summed E-state index contributed by atoms with van der Waals surface area (Å²) in [6.45, 7) is 8.91. The minimum atomic E-state index is -0.801. The summed E-state index contributed by atoms with van der Waals surface area (Å²) in [6.07, 6.45) is 1.08. The third-order valence-corrected chi connectivity index (χ3v) is 3.98. The highest BCUT2D eigenvalue weighted by Gasteiger charge is 2.42. The molecule has 1 aliphatic rings. The van der Waals surface area contributed by atoms with E-state index in [1.165, 1.54) is 0 Å². The maximum Gasteiger partial charge on any atom is 0.311 e.